The molecule has 1 aromatic rings. The summed E-state index contributed by atoms with van der Waals surface area (Å²) in [5, 5.41) is 13.8. The van der Waals surface area contributed by atoms with Crippen LogP contribution in [-0.4, -0.2) is 24.1 Å². The molecule has 1 aliphatic heterocycles. The molecule has 1 aromatic carbocycles. The molecule has 0 unspecified atom stereocenters. The Morgan fingerprint density at radius 3 is 2.83 bits per heavy atom. The molecule has 1 heterocycles. The van der Waals surface area contributed by atoms with Crippen molar-refractivity contribution in [2.75, 3.05) is 13.1 Å². The van der Waals surface area contributed by atoms with Gasteiger partial charge in [0.05, 0.1) is 17.6 Å². The highest BCUT2D eigenvalue weighted by atomic mass is 19.1. The van der Waals surface area contributed by atoms with Gasteiger partial charge in [-0.25, -0.2) is 0 Å². The highest BCUT2D eigenvalue weighted by Crippen LogP contribution is 2.21. The summed E-state index contributed by atoms with van der Waals surface area (Å²) in [6.45, 7) is 1.86. The van der Waals surface area contributed by atoms with Crippen LogP contribution in [0.5, 0.6) is 0 Å². The fraction of sp³-hybridized carbons (Fsp3) is 0.500. The minimum absolute atomic E-state index is 0.0815. The third-order valence-electron chi connectivity index (χ3n) is 3.02. The van der Waals surface area contributed by atoms with Gasteiger partial charge in [0.2, 0.25) is 5.82 Å². The Morgan fingerprint density at radius 1 is 1.44 bits per heavy atom. The zero-order valence-electron chi connectivity index (χ0n) is 9.89. The van der Waals surface area contributed by atoms with Crippen molar-refractivity contribution >= 4 is 5.69 Å². The Labute approximate surface area is 104 Å². The monoisotopic (exact) mass is 254 g/mol. The maximum Gasteiger partial charge on any atom is 0.305 e. The van der Waals surface area contributed by atoms with E-state index >= 15 is 0 Å². The fourth-order valence-electron chi connectivity index (χ4n) is 1.99. The van der Waals surface area contributed by atoms with E-state index in [1.165, 1.54) is 12.1 Å². The second-order valence-corrected chi connectivity index (χ2v) is 4.27. The van der Waals surface area contributed by atoms with E-state index in [1.807, 2.05) is 0 Å². The molecule has 0 spiro atoms. The summed E-state index contributed by atoms with van der Waals surface area (Å²) in [6, 6.07) is 4.15. The molecule has 98 valence electrons. The Bertz CT molecular complexity index is 433. The zero-order valence-corrected chi connectivity index (χ0v) is 9.89. The van der Waals surface area contributed by atoms with Crippen molar-refractivity contribution in [2.45, 2.75) is 25.6 Å². The van der Waals surface area contributed by atoms with Gasteiger partial charge in [0.25, 0.3) is 0 Å². The predicted molar refractivity (Wildman–Crippen MR) is 63.7 cm³/mol. The third kappa shape index (κ3) is 3.02. The van der Waals surface area contributed by atoms with Gasteiger partial charge in [-0.3, -0.25) is 10.1 Å². The number of hydrogen-bond acceptors (Lipinski definition) is 4. The van der Waals surface area contributed by atoms with Crippen LogP contribution in [0.2, 0.25) is 0 Å². The number of hydrogen-bond donors (Lipinski definition) is 1. The molecule has 0 saturated carbocycles. The predicted octanol–water partition coefficient (Wildman–Crippen LogP) is 2.00. The molecule has 1 saturated heterocycles. The average molecular weight is 254 g/mol. The van der Waals surface area contributed by atoms with E-state index < -0.39 is 16.4 Å². The van der Waals surface area contributed by atoms with E-state index in [-0.39, 0.29) is 18.3 Å². The van der Waals surface area contributed by atoms with Gasteiger partial charge in [-0.1, -0.05) is 12.1 Å². The first-order chi connectivity index (χ1) is 8.68. The number of ether oxygens (including phenoxy) is 1. The number of nitrogens with one attached hydrogen (secondary N) is 1. The van der Waals surface area contributed by atoms with Gasteiger partial charge in [-0.05, 0) is 25.9 Å². The number of rotatable bonds is 4. The SMILES string of the molecule is O=[N+]([O-])c1cccc(COC2CCNCC2)c1F. The molecule has 2 rings (SSSR count). The van der Waals surface area contributed by atoms with Gasteiger partial charge in [0.1, 0.15) is 0 Å². The zero-order chi connectivity index (χ0) is 13.0. The van der Waals surface area contributed by atoms with E-state index in [1.54, 1.807) is 0 Å². The second-order valence-electron chi connectivity index (χ2n) is 4.27. The molecular weight excluding hydrogens is 239 g/mol. The molecule has 6 heteroatoms. The average Bonchev–Trinajstić information content (AvgIpc) is 2.38. The lowest BCUT2D eigenvalue weighted by Gasteiger charge is -2.22. The smallest absolute Gasteiger partial charge is 0.305 e. The molecule has 0 aromatic heterocycles. The molecule has 18 heavy (non-hydrogen) atoms. The second kappa shape index (κ2) is 5.88. The van der Waals surface area contributed by atoms with Crippen LogP contribution in [0.15, 0.2) is 18.2 Å². The van der Waals surface area contributed by atoms with Crippen LogP contribution >= 0.6 is 0 Å². The Morgan fingerprint density at radius 2 is 2.17 bits per heavy atom. The van der Waals surface area contributed by atoms with Crippen molar-refractivity contribution in [3.05, 3.63) is 39.7 Å². The van der Waals surface area contributed by atoms with E-state index in [0.717, 1.165) is 32.0 Å². The maximum absolute atomic E-state index is 13.7. The number of piperidine rings is 1. The van der Waals surface area contributed by atoms with Crippen molar-refractivity contribution in [1.82, 2.24) is 5.32 Å². The number of halogens is 1. The number of nitrogens with zero attached hydrogens (tertiary/aromatic N) is 1. The van der Waals surface area contributed by atoms with Gasteiger partial charge >= 0.3 is 5.69 Å². The van der Waals surface area contributed by atoms with Gasteiger partial charge in [-0.2, -0.15) is 4.39 Å². The summed E-state index contributed by atoms with van der Waals surface area (Å²) in [7, 11) is 0. The number of nitro benzene ring substituents is 1. The molecular formula is C12H15FN2O3. The topological polar surface area (TPSA) is 64.4 Å². The van der Waals surface area contributed by atoms with Gasteiger partial charge in [0.15, 0.2) is 0 Å². The molecule has 1 aliphatic rings. The molecule has 1 N–H and O–H groups in total. The van der Waals surface area contributed by atoms with E-state index in [0.29, 0.717) is 0 Å². The Hall–Kier alpha value is -1.53. The first kappa shape index (κ1) is 12.9. The molecule has 0 atom stereocenters. The number of nitro groups is 1. The molecule has 0 amide bonds. The summed E-state index contributed by atoms with van der Waals surface area (Å²) in [4.78, 5) is 9.88. The van der Waals surface area contributed by atoms with Crippen LogP contribution < -0.4 is 5.32 Å². The first-order valence-electron chi connectivity index (χ1n) is 5.92. The first-order valence-corrected chi connectivity index (χ1v) is 5.92. The summed E-state index contributed by atoms with van der Waals surface area (Å²) in [6.07, 6.45) is 1.87. The van der Waals surface area contributed by atoms with E-state index in [9.17, 15) is 14.5 Å². The lowest BCUT2D eigenvalue weighted by Crippen LogP contribution is -2.32. The minimum Gasteiger partial charge on any atom is -0.373 e. The number of benzene rings is 1. The van der Waals surface area contributed by atoms with E-state index in [2.05, 4.69) is 5.32 Å². The summed E-state index contributed by atoms with van der Waals surface area (Å²) >= 11 is 0. The lowest BCUT2D eigenvalue weighted by molar-refractivity contribution is -0.387. The van der Waals surface area contributed by atoms with Crippen LogP contribution in [0.3, 0.4) is 0 Å². The van der Waals surface area contributed by atoms with Crippen LogP contribution in [-0.2, 0) is 11.3 Å². The Kier molecular flexibility index (Phi) is 4.22. The van der Waals surface area contributed by atoms with E-state index in [4.69, 9.17) is 4.74 Å². The van der Waals surface area contributed by atoms with Crippen molar-refractivity contribution < 1.29 is 14.1 Å². The fourth-order valence-corrected chi connectivity index (χ4v) is 1.99. The largest absolute Gasteiger partial charge is 0.373 e. The molecule has 1 fully saturated rings. The molecule has 0 radical (unpaired) electrons. The standard InChI is InChI=1S/C12H15FN2O3/c13-12-9(2-1-3-11(12)15(16)17)8-18-10-4-6-14-7-5-10/h1-3,10,14H,4-8H2. The lowest BCUT2D eigenvalue weighted by atomic mass is 10.1. The van der Waals surface area contributed by atoms with Crippen molar-refractivity contribution in [2.24, 2.45) is 0 Å². The van der Waals surface area contributed by atoms with Crippen LogP contribution in [0, 0.1) is 15.9 Å². The van der Waals surface area contributed by atoms with Crippen molar-refractivity contribution in [1.29, 1.82) is 0 Å². The summed E-state index contributed by atoms with van der Waals surface area (Å²) in [5.41, 5.74) is -0.260. The van der Waals surface area contributed by atoms with Gasteiger partial charge in [-0.15, -0.1) is 0 Å². The summed E-state index contributed by atoms with van der Waals surface area (Å²) < 4.78 is 19.3. The molecule has 0 bridgehead atoms. The molecule has 5 nitrogen and oxygen atoms in total. The molecule has 0 aliphatic carbocycles. The van der Waals surface area contributed by atoms with Gasteiger partial charge in [0, 0.05) is 11.6 Å². The third-order valence-corrected chi connectivity index (χ3v) is 3.02. The quantitative estimate of drug-likeness (QED) is 0.659. The maximum atomic E-state index is 13.7. The highest BCUT2D eigenvalue weighted by molar-refractivity contribution is 5.36. The minimum atomic E-state index is -0.795. The highest BCUT2D eigenvalue weighted by Gasteiger charge is 2.19. The van der Waals surface area contributed by atoms with Crippen LogP contribution in [0.25, 0.3) is 0 Å². The Balaban J connectivity index is 2.00. The van der Waals surface area contributed by atoms with Gasteiger partial charge < -0.3 is 10.1 Å². The summed E-state index contributed by atoms with van der Waals surface area (Å²) in [5.74, 6) is -0.795. The van der Waals surface area contributed by atoms with Crippen molar-refractivity contribution in [3.63, 3.8) is 0 Å². The van der Waals surface area contributed by atoms with Crippen LogP contribution in [0.1, 0.15) is 18.4 Å². The van der Waals surface area contributed by atoms with Crippen molar-refractivity contribution in [3.8, 4) is 0 Å². The normalized spacial score (nSPS) is 16.7. The van der Waals surface area contributed by atoms with Crippen LogP contribution in [0.4, 0.5) is 10.1 Å².